The summed E-state index contributed by atoms with van der Waals surface area (Å²) in [6, 6.07) is 15.8. The molecule has 2 aromatic carbocycles. The quantitative estimate of drug-likeness (QED) is 0.624. The maximum atomic E-state index is 12.8. The second-order valence-corrected chi connectivity index (χ2v) is 6.55. The van der Waals surface area contributed by atoms with E-state index in [2.05, 4.69) is 15.5 Å². The van der Waals surface area contributed by atoms with Crippen molar-refractivity contribution in [2.24, 2.45) is 0 Å². The van der Waals surface area contributed by atoms with E-state index in [-0.39, 0.29) is 11.7 Å². The molecular weight excluding hydrogens is 344 g/mol. The van der Waals surface area contributed by atoms with Gasteiger partial charge in [0.05, 0.1) is 31.9 Å². The van der Waals surface area contributed by atoms with Crippen LogP contribution in [0.2, 0.25) is 0 Å². The highest BCUT2D eigenvalue weighted by Gasteiger charge is 2.35. The molecule has 7 nitrogen and oxygen atoms in total. The first-order chi connectivity index (χ1) is 13.1. The summed E-state index contributed by atoms with van der Waals surface area (Å²) in [5.74, 6) is -0.0514. The fourth-order valence-electron chi connectivity index (χ4n) is 3.52. The van der Waals surface area contributed by atoms with Crippen LogP contribution in [0.15, 0.2) is 54.6 Å². The van der Waals surface area contributed by atoms with Gasteiger partial charge in [-0.05, 0) is 12.1 Å². The predicted octanol–water partition coefficient (Wildman–Crippen LogP) is 0.294. The lowest BCUT2D eigenvalue weighted by atomic mass is 10.0. The summed E-state index contributed by atoms with van der Waals surface area (Å²) >= 11 is 0. The minimum absolute atomic E-state index is 0.262. The average molecular weight is 369 g/mol. The maximum absolute atomic E-state index is 12.8. The Labute approximate surface area is 158 Å². The molecule has 1 fully saturated rings. The Hall–Kier alpha value is -3.06. The number of nitrogens with one attached hydrogen (secondary N) is 3. The van der Waals surface area contributed by atoms with Crippen molar-refractivity contribution in [2.75, 3.05) is 38.1 Å². The number of hydrogen-bond acceptors (Lipinski definition) is 4. The van der Waals surface area contributed by atoms with Crippen LogP contribution in [0.1, 0.15) is 11.6 Å². The molecule has 4 N–H and O–H groups in total. The lowest BCUT2D eigenvalue weighted by molar-refractivity contribution is -0.922. The van der Waals surface area contributed by atoms with Crippen molar-refractivity contribution < 1.29 is 19.6 Å². The lowest BCUT2D eigenvalue weighted by Crippen LogP contribution is -3.16. The molecule has 2 aromatic rings. The van der Waals surface area contributed by atoms with E-state index in [4.69, 9.17) is 0 Å². The van der Waals surface area contributed by atoms with Crippen molar-refractivity contribution in [3.8, 4) is 5.75 Å². The van der Waals surface area contributed by atoms with Gasteiger partial charge in [0.15, 0.2) is 6.04 Å². The first kappa shape index (κ1) is 18.7. The number of carbonyl (C=O) groups is 2. The van der Waals surface area contributed by atoms with E-state index in [1.54, 1.807) is 12.1 Å². The zero-order valence-electron chi connectivity index (χ0n) is 15.3. The number of quaternary nitrogens is 1. The molecule has 0 unspecified atom stereocenters. The van der Waals surface area contributed by atoms with Gasteiger partial charge in [0.25, 0.3) is 5.91 Å². The van der Waals surface area contributed by atoms with E-state index in [1.807, 2.05) is 42.5 Å². The highest BCUT2D eigenvalue weighted by Crippen LogP contribution is 2.26. The molecule has 142 valence electrons. The summed E-state index contributed by atoms with van der Waals surface area (Å²) in [5, 5.41) is 14.9. The third kappa shape index (κ3) is 4.38. The molecule has 0 bridgehead atoms. The van der Waals surface area contributed by atoms with Gasteiger partial charge in [0.2, 0.25) is 0 Å². The fraction of sp³-hybridized carbons (Fsp3) is 0.300. The number of amides is 3. The third-order valence-electron chi connectivity index (χ3n) is 4.90. The minimum atomic E-state index is -0.506. The van der Waals surface area contributed by atoms with Crippen LogP contribution in [0.5, 0.6) is 5.75 Å². The number of phenols is 1. The van der Waals surface area contributed by atoms with Crippen LogP contribution >= 0.6 is 0 Å². The van der Waals surface area contributed by atoms with Gasteiger partial charge in [-0.3, -0.25) is 10.1 Å². The van der Waals surface area contributed by atoms with Crippen LogP contribution in [0.4, 0.5) is 10.5 Å². The molecule has 1 aliphatic rings. The number of para-hydroxylation sites is 2. The Kier molecular flexibility index (Phi) is 5.93. The summed E-state index contributed by atoms with van der Waals surface area (Å²) in [7, 11) is 1.48. The number of urea groups is 1. The van der Waals surface area contributed by atoms with Gasteiger partial charge in [-0.2, -0.15) is 0 Å². The standard InChI is InChI=1S/C20H24N4O3/c1-21-20(27)22-19(26)18(15-7-3-2-4-8-15)24-13-11-23(12-14-24)16-9-5-6-10-17(16)25/h2-10,18,25H,11-14H2,1H3,(H2,21,22,26,27)/p+1/t18-/m1/s1. The Morgan fingerprint density at radius 2 is 1.67 bits per heavy atom. The van der Waals surface area contributed by atoms with Crippen molar-refractivity contribution >= 4 is 17.6 Å². The lowest BCUT2D eigenvalue weighted by Gasteiger charge is -2.37. The number of phenolic OH excluding ortho intramolecular Hbond substituents is 1. The number of aromatic hydroxyl groups is 1. The van der Waals surface area contributed by atoms with Crippen LogP contribution in [-0.2, 0) is 4.79 Å². The van der Waals surface area contributed by atoms with Crippen molar-refractivity contribution in [1.29, 1.82) is 0 Å². The molecule has 0 aromatic heterocycles. The average Bonchev–Trinajstić information content (AvgIpc) is 2.70. The summed E-state index contributed by atoms with van der Waals surface area (Å²) < 4.78 is 0. The molecule has 3 rings (SSSR count). The van der Waals surface area contributed by atoms with E-state index < -0.39 is 12.1 Å². The topological polar surface area (TPSA) is 86.1 Å². The second kappa shape index (κ2) is 8.55. The van der Waals surface area contributed by atoms with Crippen LogP contribution in [0.3, 0.4) is 0 Å². The summed E-state index contributed by atoms with van der Waals surface area (Å²) in [4.78, 5) is 27.6. The number of rotatable bonds is 4. The predicted molar refractivity (Wildman–Crippen MR) is 103 cm³/mol. The number of nitrogens with zero attached hydrogens (tertiary/aromatic N) is 1. The Balaban J connectivity index is 1.75. The van der Waals surface area contributed by atoms with E-state index in [9.17, 15) is 14.7 Å². The van der Waals surface area contributed by atoms with E-state index >= 15 is 0 Å². The molecule has 0 radical (unpaired) electrons. The number of imide groups is 1. The molecule has 27 heavy (non-hydrogen) atoms. The fourth-order valence-corrected chi connectivity index (χ4v) is 3.52. The molecular formula is C20H25N4O3+. The first-order valence-electron chi connectivity index (χ1n) is 9.05. The Morgan fingerprint density at radius 3 is 2.30 bits per heavy atom. The zero-order chi connectivity index (χ0) is 19.2. The number of anilines is 1. The summed E-state index contributed by atoms with van der Waals surface area (Å²) in [6.45, 7) is 2.86. The molecule has 0 spiro atoms. The third-order valence-corrected chi connectivity index (χ3v) is 4.90. The molecule has 7 heteroatoms. The number of hydrogen-bond donors (Lipinski definition) is 4. The maximum Gasteiger partial charge on any atom is 0.321 e. The van der Waals surface area contributed by atoms with E-state index in [0.29, 0.717) is 13.1 Å². The van der Waals surface area contributed by atoms with Gasteiger partial charge in [-0.15, -0.1) is 0 Å². The van der Waals surface area contributed by atoms with Gasteiger partial charge < -0.3 is 20.2 Å². The summed E-state index contributed by atoms with van der Waals surface area (Å²) in [5.41, 5.74) is 1.69. The van der Waals surface area contributed by atoms with E-state index in [0.717, 1.165) is 29.2 Å². The van der Waals surface area contributed by atoms with Crippen LogP contribution < -0.4 is 20.4 Å². The highest BCUT2D eigenvalue weighted by atomic mass is 16.3. The normalized spacial score (nSPS) is 15.8. The second-order valence-electron chi connectivity index (χ2n) is 6.55. The number of benzene rings is 2. The Morgan fingerprint density at radius 1 is 1.04 bits per heavy atom. The largest absolute Gasteiger partial charge is 0.506 e. The van der Waals surface area contributed by atoms with Gasteiger partial charge in [-0.1, -0.05) is 42.5 Å². The zero-order valence-corrected chi connectivity index (χ0v) is 15.3. The summed E-state index contributed by atoms with van der Waals surface area (Å²) in [6.07, 6.45) is 0. The van der Waals surface area contributed by atoms with Crippen LogP contribution in [0.25, 0.3) is 0 Å². The van der Waals surface area contributed by atoms with Crippen molar-refractivity contribution in [3.05, 3.63) is 60.2 Å². The number of piperazine rings is 1. The SMILES string of the molecule is CNC(=O)NC(=O)[C@@H](c1ccccc1)[NH+]1CCN(c2ccccc2O)CC1. The smallest absolute Gasteiger partial charge is 0.321 e. The molecule has 1 atom stereocenters. The van der Waals surface area contributed by atoms with Crippen molar-refractivity contribution in [1.82, 2.24) is 10.6 Å². The van der Waals surface area contributed by atoms with E-state index in [1.165, 1.54) is 7.05 Å². The first-order valence-corrected chi connectivity index (χ1v) is 9.05. The molecule has 0 aliphatic carbocycles. The molecule has 3 amide bonds. The molecule has 1 aliphatic heterocycles. The van der Waals surface area contributed by atoms with Gasteiger partial charge in [0, 0.05) is 12.6 Å². The van der Waals surface area contributed by atoms with Crippen molar-refractivity contribution in [3.63, 3.8) is 0 Å². The van der Waals surface area contributed by atoms with Crippen molar-refractivity contribution in [2.45, 2.75) is 6.04 Å². The van der Waals surface area contributed by atoms with Crippen LogP contribution in [-0.4, -0.2) is 50.3 Å². The minimum Gasteiger partial charge on any atom is -0.506 e. The molecule has 1 heterocycles. The molecule has 1 saturated heterocycles. The molecule has 0 saturated carbocycles. The van der Waals surface area contributed by atoms with Gasteiger partial charge in [0.1, 0.15) is 5.75 Å². The van der Waals surface area contributed by atoms with Crippen LogP contribution in [0, 0.1) is 0 Å². The Bertz CT molecular complexity index is 789. The van der Waals surface area contributed by atoms with Gasteiger partial charge >= 0.3 is 6.03 Å². The highest BCUT2D eigenvalue weighted by molar-refractivity contribution is 5.96. The van der Waals surface area contributed by atoms with Gasteiger partial charge in [-0.25, -0.2) is 4.79 Å². The number of carbonyl (C=O) groups excluding carboxylic acids is 2. The monoisotopic (exact) mass is 369 g/mol.